The predicted octanol–water partition coefficient (Wildman–Crippen LogP) is 4.12. The summed E-state index contributed by atoms with van der Waals surface area (Å²) in [5.41, 5.74) is 2.25. The molecule has 0 aliphatic heterocycles. The molecule has 3 nitrogen and oxygen atoms in total. The molecule has 18 heavy (non-hydrogen) atoms. The molecule has 1 atom stereocenters. The predicted molar refractivity (Wildman–Crippen MR) is 76.0 cm³/mol. The van der Waals surface area contributed by atoms with Gasteiger partial charge in [-0.3, -0.25) is 4.68 Å². The number of nitrogens with one attached hydrogen (secondary N) is 1. The minimum Gasteiger partial charge on any atom is -0.376 e. The molecular formula is C14H18ClN3. The second-order valence-electron chi connectivity index (χ2n) is 4.24. The molecule has 2 aromatic rings. The van der Waals surface area contributed by atoms with Gasteiger partial charge in [0.15, 0.2) is 0 Å². The molecule has 2 rings (SSSR count). The summed E-state index contributed by atoms with van der Waals surface area (Å²) in [6, 6.07) is 8.24. The molecule has 4 heteroatoms. The van der Waals surface area contributed by atoms with Crippen LogP contribution in [-0.4, -0.2) is 9.78 Å². The van der Waals surface area contributed by atoms with Crippen molar-refractivity contribution in [2.45, 2.75) is 32.9 Å². The normalized spacial score (nSPS) is 12.4. The van der Waals surface area contributed by atoms with Crippen molar-refractivity contribution in [3.05, 3.63) is 47.2 Å². The number of hydrogen-bond acceptors (Lipinski definition) is 2. The van der Waals surface area contributed by atoms with E-state index < -0.39 is 0 Å². The molecule has 0 fully saturated rings. The first-order chi connectivity index (χ1) is 8.72. The Morgan fingerprint density at radius 1 is 1.39 bits per heavy atom. The molecule has 1 N–H and O–H groups in total. The van der Waals surface area contributed by atoms with E-state index in [9.17, 15) is 0 Å². The van der Waals surface area contributed by atoms with Gasteiger partial charge in [-0.2, -0.15) is 5.10 Å². The molecule has 0 aliphatic carbocycles. The average molecular weight is 264 g/mol. The van der Waals surface area contributed by atoms with Gasteiger partial charge in [0.05, 0.1) is 17.9 Å². The van der Waals surface area contributed by atoms with E-state index in [4.69, 9.17) is 11.6 Å². The quantitative estimate of drug-likeness (QED) is 0.879. The van der Waals surface area contributed by atoms with Crippen LogP contribution in [0.4, 0.5) is 5.69 Å². The SMILES string of the molecule is CCC(Nc1cnn(CC)c1)c1cccc(Cl)c1. The van der Waals surface area contributed by atoms with Crippen LogP contribution in [0, 0.1) is 0 Å². The number of nitrogens with zero attached hydrogens (tertiary/aromatic N) is 2. The van der Waals surface area contributed by atoms with Gasteiger partial charge in [-0.1, -0.05) is 30.7 Å². The monoisotopic (exact) mass is 263 g/mol. The van der Waals surface area contributed by atoms with Crippen LogP contribution < -0.4 is 5.32 Å². The van der Waals surface area contributed by atoms with E-state index in [-0.39, 0.29) is 6.04 Å². The highest BCUT2D eigenvalue weighted by molar-refractivity contribution is 6.30. The Morgan fingerprint density at radius 3 is 2.83 bits per heavy atom. The number of benzene rings is 1. The fourth-order valence-corrected chi connectivity index (χ4v) is 2.16. The van der Waals surface area contributed by atoms with Gasteiger partial charge in [0, 0.05) is 17.8 Å². The summed E-state index contributed by atoms with van der Waals surface area (Å²) in [5.74, 6) is 0. The molecule has 0 radical (unpaired) electrons. The van der Waals surface area contributed by atoms with E-state index in [0.717, 1.165) is 23.7 Å². The highest BCUT2D eigenvalue weighted by atomic mass is 35.5. The average Bonchev–Trinajstić information content (AvgIpc) is 2.83. The van der Waals surface area contributed by atoms with Gasteiger partial charge in [-0.25, -0.2) is 0 Å². The van der Waals surface area contributed by atoms with Crippen LogP contribution in [-0.2, 0) is 6.54 Å². The fraction of sp³-hybridized carbons (Fsp3) is 0.357. The maximum absolute atomic E-state index is 6.03. The van der Waals surface area contributed by atoms with Crippen molar-refractivity contribution in [2.75, 3.05) is 5.32 Å². The molecule has 1 aromatic heterocycles. The molecule has 0 bridgehead atoms. The van der Waals surface area contributed by atoms with Gasteiger partial charge < -0.3 is 5.32 Å². The lowest BCUT2D eigenvalue weighted by Gasteiger charge is -2.17. The van der Waals surface area contributed by atoms with Crippen molar-refractivity contribution in [1.29, 1.82) is 0 Å². The van der Waals surface area contributed by atoms with Crippen molar-refractivity contribution < 1.29 is 0 Å². The standard InChI is InChI=1S/C14H18ClN3/c1-3-14(11-6-5-7-12(15)8-11)17-13-9-16-18(4-2)10-13/h5-10,14,17H,3-4H2,1-2H3. The van der Waals surface area contributed by atoms with Gasteiger partial charge in [0.25, 0.3) is 0 Å². The third kappa shape index (κ3) is 3.05. The number of halogens is 1. The topological polar surface area (TPSA) is 29.9 Å². The van der Waals surface area contributed by atoms with Crippen LogP contribution in [0.5, 0.6) is 0 Å². The van der Waals surface area contributed by atoms with Gasteiger partial charge in [0.1, 0.15) is 0 Å². The van der Waals surface area contributed by atoms with Crippen molar-refractivity contribution in [3.8, 4) is 0 Å². The Bertz CT molecular complexity index is 507. The largest absolute Gasteiger partial charge is 0.376 e. The van der Waals surface area contributed by atoms with Crippen LogP contribution in [0.2, 0.25) is 5.02 Å². The highest BCUT2D eigenvalue weighted by Gasteiger charge is 2.10. The lowest BCUT2D eigenvalue weighted by atomic mass is 10.0. The molecule has 96 valence electrons. The second kappa shape index (κ2) is 5.91. The number of anilines is 1. The Balaban J connectivity index is 2.14. The zero-order chi connectivity index (χ0) is 13.0. The second-order valence-corrected chi connectivity index (χ2v) is 4.68. The van der Waals surface area contributed by atoms with Gasteiger partial charge >= 0.3 is 0 Å². The lowest BCUT2D eigenvalue weighted by Crippen LogP contribution is -2.09. The first-order valence-corrected chi connectivity index (χ1v) is 6.65. The first-order valence-electron chi connectivity index (χ1n) is 6.27. The van der Waals surface area contributed by atoms with Crippen molar-refractivity contribution in [2.24, 2.45) is 0 Å². The molecule has 0 saturated heterocycles. The van der Waals surface area contributed by atoms with Crippen molar-refractivity contribution in [3.63, 3.8) is 0 Å². The van der Waals surface area contributed by atoms with E-state index in [1.165, 1.54) is 5.56 Å². The van der Waals surface area contributed by atoms with Gasteiger partial charge in [-0.15, -0.1) is 0 Å². The molecule has 1 aromatic carbocycles. The van der Waals surface area contributed by atoms with Crippen molar-refractivity contribution >= 4 is 17.3 Å². The number of hydrogen-bond donors (Lipinski definition) is 1. The first kappa shape index (κ1) is 13.0. The number of rotatable bonds is 5. The Kier molecular flexibility index (Phi) is 4.26. The number of aromatic nitrogens is 2. The minimum absolute atomic E-state index is 0.262. The van der Waals surface area contributed by atoms with E-state index in [1.807, 2.05) is 35.3 Å². The summed E-state index contributed by atoms with van der Waals surface area (Å²) >= 11 is 6.03. The van der Waals surface area contributed by atoms with Crippen molar-refractivity contribution in [1.82, 2.24) is 9.78 Å². The fourth-order valence-electron chi connectivity index (χ4n) is 1.96. The molecule has 1 unspecified atom stereocenters. The summed E-state index contributed by atoms with van der Waals surface area (Å²) in [7, 11) is 0. The summed E-state index contributed by atoms with van der Waals surface area (Å²) < 4.78 is 1.91. The van der Waals surface area contributed by atoms with Crippen LogP contribution in [0.15, 0.2) is 36.7 Å². The third-order valence-electron chi connectivity index (χ3n) is 2.96. The zero-order valence-electron chi connectivity index (χ0n) is 10.7. The lowest BCUT2D eigenvalue weighted by molar-refractivity contribution is 0.659. The minimum atomic E-state index is 0.262. The van der Waals surface area contributed by atoms with Crippen LogP contribution in [0.1, 0.15) is 31.9 Å². The molecule has 0 spiro atoms. The molecular weight excluding hydrogens is 246 g/mol. The summed E-state index contributed by atoms with van der Waals surface area (Å²) in [6.45, 7) is 5.11. The maximum Gasteiger partial charge on any atom is 0.0731 e. The Morgan fingerprint density at radius 2 is 2.22 bits per heavy atom. The molecule has 0 amide bonds. The van der Waals surface area contributed by atoms with Crippen LogP contribution >= 0.6 is 11.6 Å². The smallest absolute Gasteiger partial charge is 0.0731 e. The third-order valence-corrected chi connectivity index (χ3v) is 3.19. The summed E-state index contributed by atoms with van der Waals surface area (Å²) in [6.07, 6.45) is 4.88. The maximum atomic E-state index is 6.03. The van der Waals surface area contributed by atoms with E-state index >= 15 is 0 Å². The molecule has 0 saturated carbocycles. The highest BCUT2D eigenvalue weighted by Crippen LogP contribution is 2.24. The molecule has 1 heterocycles. The van der Waals surface area contributed by atoms with Gasteiger partial charge in [-0.05, 0) is 31.0 Å². The van der Waals surface area contributed by atoms with Crippen LogP contribution in [0.25, 0.3) is 0 Å². The van der Waals surface area contributed by atoms with E-state index in [0.29, 0.717) is 0 Å². The zero-order valence-corrected chi connectivity index (χ0v) is 11.5. The van der Waals surface area contributed by atoms with E-state index in [1.54, 1.807) is 0 Å². The van der Waals surface area contributed by atoms with Crippen LogP contribution in [0.3, 0.4) is 0 Å². The van der Waals surface area contributed by atoms with Gasteiger partial charge in [0.2, 0.25) is 0 Å². The summed E-state index contributed by atoms with van der Waals surface area (Å²) in [5, 5.41) is 8.52. The number of aryl methyl sites for hydroxylation is 1. The molecule has 0 aliphatic rings. The summed E-state index contributed by atoms with van der Waals surface area (Å²) in [4.78, 5) is 0. The van der Waals surface area contributed by atoms with E-state index in [2.05, 4.69) is 30.3 Å². The Labute approximate surface area is 113 Å². The Hall–Kier alpha value is -1.48.